The number of quaternary nitrogens is 1. The van der Waals surface area contributed by atoms with Gasteiger partial charge in [0.2, 0.25) is 0 Å². The van der Waals surface area contributed by atoms with E-state index in [4.69, 9.17) is 0 Å². The van der Waals surface area contributed by atoms with Gasteiger partial charge in [0.25, 0.3) is 0 Å². The summed E-state index contributed by atoms with van der Waals surface area (Å²) < 4.78 is 25.3. The molecule has 13 heavy (non-hydrogen) atoms. The van der Waals surface area contributed by atoms with E-state index in [2.05, 4.69) is 7.05 Å². The average molecular weight is 185 g/mol. The maximum atomic E-state index is 12.7. The molecule has 1 rings (SSSR count). The van der Waals surface area contributed by atoms with Gasteiger partial charge in [-0.05, 0) is 24.6 Å². The third kappa shape index (κ3) is 2.77. The van der Waals surface area contributed by atoms with Crippen LogP contribution in [-0.2, 0) is 6.42 Å². The van der Waals surface area contributed by atoms with Gasteiger partial charge in [-0.3, -0.25) is 0 Å². The summed E-state index contributed by atoms with van der Waals surface area (Å²) in [6, 6.07) is 4.26. The second-order valence-electron chi connectivity index (χ2n) is 3.17. The lowest BCUT2D eigenvalue weighted by Crippen LogP contribution is -2.83. The van der Waals surface area contributed by atoms with E-state index < -0.39 is 11.6 Å². The number of benzene rings is 1. The maximum Gasteiger partial charge on any atom is 0.159 e. The Morgan fingerprint density at radius 1 is 1.38 bits per heavy atom. The lowest BCUT2D eigenvalue weighted by atomic mass is 10.1. The molecule has 0 aliphatic carbocycles. The largest absolute Gasteiger partial charge is 0.476 e. The molecule has 0 saturated heterocycles. The summed E-state index contributed by atoms with van der Waals surface area (Å²) in [5.74, 6) is -1.58. The first-order valence-electron chi connectivity index (χ1n) is 4.20. The third-order valence-electron chi connectivity index (χ3n) is 1.94. The molecule has 0 aliphatic rings. The van der Waals surface area contributed by atoms with E-state index in [1.54, 1.807) is 11.4 Å². The van der Waals surface area contributed by atoms with Crippen molar-refractivity contribution in [2.75, 3.05) is 0 Å². The van der Waals surface area contributed by atoms with Crippen molar-refractivity contribution < 1.29 is 14.1 Å². The normalized spacial score (nSPS) is 12.9. The van der Waals surface area contributed by atoms with Crippen molar-refractivity contribution in [3.8, 4) is 0 Å². The van der Waals surface area contributed by atoms with Crippen molar-refractivity contribution in [3.63, 3.8) is 0 Å². The van der Waals surface area contributed by atoms with Crippen molar-refractivity contribution in [2.45, 2.75) is 19.4 Å². The number of rotatable bonds is 3. The van der Waals surface area contributed by atoms with Gasteiger partial charge in [0.15, 0.2) is 11.6 Å². The Morgan fingerprint density at radius 3 is 2.62 bits per heavy atom. The Kier molecular flexibility index (Phi) is 3.37. The molecule has 0 heterocycles. The molecule has 1 aromatic carbocycles. The van der Waals surface area contributed by atoms with Crippen molar-refractivity contribution >= 4 is 0 Å². The van der Waals surface area contributed by atoms with E-state index in [-0.39, 0.29) is 6.04 Å². The lowest BCUT2D eigenvalue weighted by molar-refractivity contribution is -0.629. The first-order chi connectivity index (χ1) is 6.13. The van der Waals surface area contributed by atoms with Gasteiger partial charge in [-0.15, -0.1) is 0 Å². The first kappa shape index (κ1) is 10.1. The Labute approximate surface area is 76.8 Å². The smallest absolute Gasteiger partial charge is 0.159 e. The van der Waals surface area contributed by atoms with Gasteiger partial charge in [-0.2, -0.15) is 7.05 Å². The second kappa shape index (κ2) is 4.33. The summed E-state index contributed by atoms with van der Waals surface area (Å²) in [6.07, 6.45) is 0.695. The summed E-state index contributed by atoms with van der Waals surface area (Å²) in [5, 5.41) is 1.79. The fourth-order valence-corrected chi connectivity index (χ4v) is 1.12. The second-order valence-corrected chi connectivity index (χ2v) is 3.17. The van der Waals surface area contributed by atoms with Gasteiger partial charge in [0, 0.05) is 6.42 Å². The van der Waals surface area contributed by atoms with Gasteiger partial charge in [0.05, 0.1) is 6.04 Å². The fourth-order valence-electron chi connectivity index (χ4n) is 1.12. The SMILES string of the molecule is [CH2-][NH2+]C(C)Cc1ccc(F)c(F)c1. The average Bonchev–Trinajstić information content (AvgIpc) is 2.11. The summed E-state index contributed by atoms with van der Waals surface area (Å²) in [4.78, 5) is 0. The fraction of sp³-hybridized carbons (Fsp3) is 0.300. The lowest BCUT2D eigenvalue weighted by Gasteiger charge is -2.10. The molecular formula is C10H13F2N. The van der Waals surface area contributed by atoms with Crippen molar-refractivity contribution in [1.29, 1.82) is 0 Å². The molecule has 0 aromatic heterocycles. The molecule has 72 valence electrons. The van der Waals surface area contributed by atoms with E-state index >= 15 is 0 Å². The molecule has 0 amide bonds. The highest BCUT2D eigenvalue weighted by Gasteiger charge is 2.05. The molecule has 0 aliphatic heterocycles. The minimum atomic E-state index is -0.796. The van der Waals surface area contributed by atoms with Crippen molar-refractivity contribution in [3.05, 3.63) is 42.4 Å². The summed E-state index contributed by atoms with van der Waals surface area (Å²) in [5.41, 5.74) is 0.798. The molecule has 0 spiro atoms. The molecule has 1 atom stereocenters. The number of hydrogen-bond donors (Lipinski definition) is 1. The molecule has 3 heteroatoms. The molecule has 0 radical (unpaired) electrons. The van der Waals surface area contributed by atoms with Crippen molar-refractivity contribution in [2.24, 2.45) is 0 Å². The molecule has 0 bridgehead atoms. The van der Waals surface area contributed by atoms with E-state index in [0.29, 0.717) is 6.42 Å². The van der Waals surface area contributed by atoms with E-state index in [1.165, 1.54) is 6.07 Å². The molecule has 1 unspecified atom stereocenters. The summed E-state index contributed by atoms with van der Waals surface area (Å²) in [7, 11) is 3.63. The minimum absolute atomic E-state index is 0.282. The maximum absolute atomic E-state index is 12.7. The first-order valence-corrected chi connectivity index (χ1v) is 4.20. The van der Waals surface area contributed by atoms with E-state index in [9.17, 15) is 8.78 Å². The van der Waals surface area contributed by atoms with Crippen LogP contribution in [0.1, 0.15) is 12.5 Å². The zero-order valence-corrected chi connectivity index (χ0v) is 7.56. The number of halogens is 2. The van der Waals surface area contributed by atoms with Crippen LogP contribution in [0.2, 0.25) is 0 Å². The number of nitrogens with two attached hydrogens (primary N) is 1. The number of hydrogen-bond acceptors (Lipinski definition) is 0. The Bertz CT molecular complexity index is 286. The molecule has 0 saturated carbocycles. The third-order valence-corrected chi connectivity index (χ3v) is 1.94. The zero-order valence-electron chi connectivity index (χ0n) is 7.56. The van der Waals surface area contributed by atoms with Gasteiger partial charge < -0.3 is 5.32 Å². The summed E-state index contributed by atoms with van der Waals surface area (Å²) in [6.45, 7) is 1.98. The predicted molar refractivity (Wildman–Crippen MR) is 46.8 cm³/mol. The highest BCUT2D eigenvalue weighted by atomic mass is 19.2. The molecule has 2 N–H and O–H groups in total. The van der Waals surface area contributed by atoms with Gasteiger partial charge in [-0.25, -0.2) is 8.78 Å². The van der Waals surface area contributed by atoms with Crippen LogP contribution in [0.15, 0.2) is 18.2 Å². The molecule has 0 fully saturated rings. The molecular weight excluding hydrogens is 172 g/mol. The monoisotopic (exact) mass is 185 g/mol. The topological polar surface area (TPSA) is 16.6 Å². The van der Waals surface area contributed by atoms with Crippen LogP contribution in [0.5, 0.6) is 0 Å². The Hall–Kier alpha value is -0.960. The Balaban J connectivity index is 2.73. The highest BCUT2D eigenvalue weighted by Crippen LogP contribution is 2.09. The quantitative estimate of drug-likeness (QED) is 0.682. The van der Waals surface area contributed by atoms with Gasteiger partial charge in [-0.1, -0.05) is 6.07 Å². The highest BCUT2D eigenvalue weighted by molar-refractivity contribution is 5.18. The van der Waals surface area contributed by atoms with Crippen LogP contribution in [0.25, 0.3) is 0 Å². The molecule has 1 aromatic rings. The zero-order chi connectivity index (χ0) is 9.84. The van der Waals surface area contributed by atoms with Crippen LogP contribution in [-0.4, -0.2) is 6.04 Å². The van der Waals surface area contributed by atoms with Crippen LogP contribution >= 0.6 is 0 Å². The van der Waals surface area contributed by atoms with E-state index in [1.807, 2.05) is 6.92 Å². The van der Waals surface area contributed by atoms with Crippen LogP contribution in [0, 0.1) is 18.7 Å². The van der Waals surface area contributed by atoms with Crippen molar-refractivity contribution in [1.82, 2.24) is 0 Å². The Morgan fingerprint density at radius 2 is 2.08 bits per heavy atom. The van der Waals surface area contributed by atoms with Crippen LogP contribution < -0.4 is 5.32 Å². The predicted octanol–water partition coefficient (Wildman–Crippen LogP) is 1.25. The van der Waals surface area contributed by atoms with E-state index in [0.717, 1.165) is 11.6 Å². The van der Waals surface area contributed by atoms with Crippen LogP contribution in [0.3, 0.4) is 0 Å². The van der Waals surface area contributed by atoms with Crippen LogP contribution in [0.4, 0.5) is 8.78 Å². The standard InChI is InChI=1S/C10H13F2N/c1-7(13-2)5-8-3-4-9(11)10(12)6-8/h3-4,6-7H,2,5,13H2,1H3. The minimum Gasteiger partial charge on any atom is -0.476 e. The molecule has 1 nitrogen and oxygen atoms in total. The van der Waals surface area contributed by atoms with Gasteiger partial charge in [0.1, 0.15) is 0 Å². The van der Waals surface area contributed by atoms with Gasteiger partial charge >= 0.3 is 0 Å². The summed E-state index contributed by atoms with van der Waals surface area (Å²) >= 11 is 0.